The lowest BCUT2D eigenvalue weighted by atomic mass is 10.1. The molecule has 1 aliphatic rings. The lowest BCUT2D eigenvalue weighted by Crippen LogP contribution is -2.27. The molecule has 1 heterocycles. The van der Waals surface area contributed by atoms with E-state index in [0.29, 0.717) is 22.7 Å². The maximum Gasteiger partial charge on any atom is 0.341 e. The first-order chi connectivity index (χ1) is 14.7. The number of aromatic carboxylic acids is 1. The molecule has 1 atom stereocenters. The number of carboxylic acid groups (broad SMARTS) is 1. The van der Waals surface area contributed by atoms with Crippen molar-refractivity contribution in [1.29, 1.82) is 0 Å². The van der Waals surface area contributed by atoms with Gasteiger partial charge < -0.3 is 20.1 Å². The number of benzene rings is 2. The molecular formula is C21H26BrN3O5S. The summed E-state index contributed by atoms with van der Waals surface area (Å²) in [6.45, 7) is 1.72. The summed E-state index contributed by atoms with van der Waals surface area (Å²) in [7, 11) is -0.626. The third-order valence-electron chi connectivity index (χ3n) is 5.41. The maximum absolute atomic E-state index is 13.1. The van der Waals surface area contributed by atoms with Gasteiger partial charge in [-0.15, -0.1) is 0 Å². The predicted octanol–water partition coefficient (Wildman–Crippen LogP) is 3.85. The van der Waals surface area contributed by atoms with Crippen LogP contribution in [0.5, 0.6) is 5.75 Å². The summed E-state index contributed by atoms with van der Waals surface area (Å²) >= 11 is 3.23. The molecule has 3 N–H and O–H groups in total. The number of carboxylic acids is 1. The highest BCUT2D eigenvalue weighted by atomic mass is 79.9. The zero-order chi connectivity index (χ0) is 22.6. The first-order valence-corrected chi connectivity index (χ1v) is 12.2. The van der Waals surface area contributed by atoms with Gasteiger partial charge in [-0.25, -0.2) is 13.2 Å². The molecule has 168 valence electrons. The molecule has 1 aliphatic heterocycles. The monoisotopic (exact) mass is 511 g/mol. The van der Waals surface area contributed by atoms with Gasteiger partial charge in [0.15, 0.2) is 0 Å². The zero-order valence-electron chi connectivity index (χ0n) is 17.4. The number of hydrogen-bond acceptors (Lipinski definition) is 6. The number of nitrogens with one attached hydrogen (secondary N) is 2. The molecule has 0 spiro atoms. The Morgan fingerprint density at radius 1 is 1.26 bits per heavy atom. The van der Waals surface area contributed by atoms with E-state index in [4.69, 9.17) is 4.74 Å². The standard InChI is InChI=1S/C21H26BrN3O5S/c1-25-13-5-6-14(25)11-12-23-16-7-3-4-8-18(16)31(28,29)24-17-10-9-15(22)20(30-2)19(17)21(26)27/h3-4,7-10,14,23-24H,5-6,11-13H2,1-2H3,(H,26,27). The largest absolute Gasteiger partial charge is 0.495 e. The fourth-order valence-electron chi connectivity index (χ4n) is 3.82. The van der Waals surface area contributed by atoms with E-state index in [2.05, 4.69) is 37.9 Å². The fourth-order valence-corrected chi connectivity index (χ4v) is 5.57. The number of ether oxygens (including phenoxy) is 1. The molecule has 2 aromatic rings. The van der Waals surface area contributed by atoms with Crippen molar-refractivity contribution < 1.29 is 23.1 Å². The van der Waals surface area contributed by atoms with Crippen LogP contribution in [-0.2, 0) is 10.0 Å². The molecule has 0 bridgehead atoms. The number of rotatable bonds is 9. The number of carbonyl (C=O) groups is 1. The number of para-hydroxylation sites is 1. The molecule has 0 aliphatic carbocycles. The van der Waals surface area contributed by atoms with Gasteiger partial charge in [0, 0.05) is 12.6 Å². The Hall–Kier alpha value is -2.30. The normalized spacial score (nSPS) is 16.8. The van der Waals surface area contributed by atoms with Gasteiger partial charge >= 0.3 is 5.97 Å². The molecule has 1 fully saturated rings. The highest BCUT2D eigenvalue weighted by Crippen LogP contribution is 2.36. The van der Waals surface area contributed by atoms with E-state index in [0.717, 1.165) is 19.4 Å². The number of halogens is 1. The van der Waals surface area contributed by atoms with Gasteiger partial charge in [-0.05, 0) is 73.1 Å². The Bertz CT molecular complexity index is 1060. The van der Waals surface area contributed by atoms with Crippen LogP contribution in [0.3, 0.4) is 0 Å². The molecule has 10 heteroatoms. The van der Waals surface area contributed by atoms with Crippen molar-refractivity contribution in [2.24, 2.45) is 0 Å². The first kappa shape index (κ1) is 23.4. The molecule has 8 nitrogen and oxygen atoms in total. The van der Waals surface area contributed by atoms with Crippen molar-refractivity contribution in [2.75, 3.05) is 37.3 Å². The van der Waals surface area contributed by atoms with E-state index >= 15 is 0 Å². The SMILES string of the molecule is COc1c(Br)ccc(NS(=O)(=O)c2ccccc2NCCC2CCCN2C)c1C(=O)O. The van der Waals surface area contributed by atoms with Crippen molar-refractivity contribution >= 4 is 43.3 Å². The molecule has 1 saturated heterocycles. The number of hydrogen-bond donors (Lipinski definition) is 3. The van der Waals surface area contributed by atoms with Gasteiger partial charge in [-0.2, -0.15) is 0 Å². The topological polar surface area (TPSA) is 108 Å². The van der Waals surface area contributed by atoms with Crippen LogP contribution in [0.25, 0.3) is 0 Å². The second-order valence-electron chi connectivity index (χ2n) is 7.40. The summed E-state index contributed by atoms with van der Waals surface area (Å²) in [6.07, 6.45) is 3.23. The number of methoxy groups -OCH3 is 1. The second-order valence-corrected chi connectivity index (χ2v) is 9.91. The molecule has 0 saturated carbocycles. The number of anilines is 2. The van der Waals surface area contributed by atoms with Crippen LogP contribution in [0.4, 0.5) is 11.4 Å². The Morgan fingerprint density at radius 2 is 2.00 bits per heavy atom. The Balaban J connectivity index is 1.84. The second kappa shape index (κ2) is 9.88. The zero-order valence-corrected chi connectivity index (χ0v) is 19.8. The van der Waals surface area contributed by atoms with E-state index in [1.54, 1.807) is 18.2 Å². The van der Waals surface area contributed by atoms with Crippen LogP contribution in [0, 0.1) is 0 Å². The van der Waals surface area contributed by atoms with Crippen LogP contribution in [-0.4, -0.2) is 57.7 Å². The third kappa shape index (κ3) is 5.31. The van der Waals surface area contributed by atoms with Crippen molar-refractivity contribution in [2.45, 2.75) is 30.2 Å². The minimum Gasteiger partial charge on any atom is -0.495 e. The molecular weight excluding hydrogens is 486 g/mol. The molecule has 2 aromatic carbocycles. The van der Waals surface area contributed by atoms with Gasteiger partial charge in [-0.1, -0.05) is 12.1 Å². The molecule has 0 amide bonds. The van der Waals surface area contributed by atoms with Crippen LogP contribution in [0.15, 0.2) is 45.8 Å². The van der Waals surface area contributed by atoms with E-state index < -0.39 is 16.0 Å². The summed E-state index contributed by atoms with van der Waals surface area (Å²) in [6, 6.07) is 9.99. The average molecular weight is 512 g/mol. The predicted molar refractivity (Wildman–Crippen MR) is 124 cm³/mol. The summed E-state index contributed by atoms with van der Waals surface area (Å²) in [5.74, 6) is -1.26. The Labute approximate surface area is 190 Å². The molecule has 31 heavy (non-hydrogen) atoms. The van der Waals surface area contributed by atoms with E-state index in [1.165, 1.54) is 31.7 Å². The van der Waals surface area contributed by atoms with Gasteiger partial charge in [0.25, 0.3) is 10.0 Å². The van der Waals surface area contributed by atoms with E-state index in [1.807, 2.05) is 0 Å². The average Bonchev–Trinajstić information content (AvgIpc) is 3.13. The van der Waals surface area contributed by atoms with Crippen molar-refractivity contribution in [3.8, 4) is 5.75 Å². The van der Waals surface area contributed by atoms with Gasteiger partial charge in [0.05, 0.1) is 23.0 Å². The van der Waals surface area contributed by atoms with Crippen LogP contribution >= 0.6 is 15.9 Å². The smallest absolute Gasteiger partial charge is 0.341 e. The Kier molecular flexibility index (Phi) is 7.45. The molecule has 0 aromatic heterocycles. The summed E-state index contributed by atoms with van der Waals surface area (Å²) in [4.78, 5) is 14.2. The molecule has 3 rings (SSSR count). The van der Waals surface area contributed by atoms with Crippen molar-refractivity contribution in [1.82, 2.24) is 4.90 Å². The quantitative estimate of drug-likeness (QED) is 0.469. The van der Waals surface area contributed by atoms with Gasteiger partial charge in [-0.3, -0.25) is 4.72 Å². The van der Waals surface area contributed by atoms with Crippen LogP contribution in [0.1, 0.15) is 29.6 Å². The summed E-state index contributed by atoms with van der Waals surface area (Å²) in [5, 5.41) is 12.8. The highest BCUT2D eigenvalue weighted by Gasteiger charge is 2.25. The minimum absolute atomic E-state index is 0.0415. The van der Waals surface area contributed by atoms with Gasteiger partial charge in [0.1, 0.15) is 16.2 Å². The van der Waals surface area contributed by atoms with Crippen molar-refractivity contribution in [3.05, 3.63) is 46.4 Å². The Morgan fingerprint density at radius 3 is 2.65 bits per heavy atom. The van der Waals surface area contributed by atoms with Crippen LogP contribution < -0.4 is 14.8 Å². The number of likely N-dealkylation sites (tertiary alicyclic amines) is 1. The number of sulfonamides is 1. The van der Waals surface area contributed by atoms with Crippen molar-refractivity contribution in [3.63, 3.8) is 0 Å². The van der Waals surface area contributed by atoms with Crippen LogP contribution in [0.2, 0.25) is 0 Å². The maximum atomic E-state index is 13.1. The lowest BCUT2D eigenvalue weighted by Gasteiger charge is -2.20. The highest BCUT2D eigenvalue weighted by molar-refractivity contribution is 9.10. The summed E-state index contributed by atoms with van der Waals surface area (Å²) in [5.41, 5.74) is 0.127. The lowest BCUT2D eigenvalue weighted by molar-refractivity contribution is 0.0694. The third-order valence-corrected chi connectivity index (χ3v) is 7.46. The summed E-state index contributed by atoms with van der Waals surface area (Å²) < 4.78 is 34.3. The molecule has 0 radical (unpaired) electrons. The van der Waals surface area contributed by atoms with Gasteiger partial charge in [0.2, 0.25) is 0 Å². The minimum atomic E-state index is -4.06. The van der Waals surface area contributed by atoms with E-state index in [9.17, 15) is 18.3 Å². The van der Waals surface area contributed by atoms with E-state index in [-0.39, 0.29) is 21.9 Å². The molecule has 1 unspecified atom stereocenters. The first-order valence-electron chi connectivity index (χ1n) is 9.90. The number of nitrogens with zero attached hydrogens (tertiary/aromatic N) is 1. The fraction of sp³-hybridized carbons (Fsp3) is 0.381.